The first-order valence-electron chi connectivity index (χ1n) is 10.3. The summed E-state index contributed by atoms with van der Waals surface area (Å²) in [5.74, 6) is 0.741. The summed E-state index contributed by atoms with van der Waals surface area (Å²) in [5.41, 5.74) is 2.72. The van der Waals surface area contributed by atoms with Crippen LogP contribution in [-0.2, 0) is 17.8 Å². The minimum Gasteiger partial charge on any atom is -0.354 e. The molecule has 158 valence electrons. The summed E-state index contributed by atoms with van der Waals surface area (Å²) in [7, 11) is 0. The highest BCUT2D eigenvalue weighted by Crippen LogP contribution is 2.18. The van der Waals surface area contributed by atoms with Crippen LogP contribution in [0.1, 0.15) is 30.7 Å². The lowest BCUT2D eigenvalue weighted by Crippen LogP contribution is -2.35. The fraction of sp³-hybridized carbons (Fsp3) is 0.250. The van der Waals surface area contributed by atoms with Crippen LogP contribution in [0.3, 0.4) is 0 Å². The van der Waals surface area contributed by atoms with Gasteiger partial charge in [0.05, 0.1) is 13.0 Å². The maximum Gasteiger partial charge on any atom is 0.279 e. The Labute approximate surface area is 180 Å². The second-order valence-corrected chi connectivity index (χ2v) is 7.85. The summed E-state index contributed by atoms with van der Waals surface area (Å²) in [5, 5.41) is 7.36. The van der Waals surface area contributed by atoms with Crippen LogP contribution < -0.4 is 10.9 Å². The standard InChI is InChI=1S/C24H25N5O2/c1-16(2)25-21(30)14-20-17(3)28(15-18-10-6-4-7-11-18)24-26-22(27-29(24)23(20)31)19-12-8-5-9-13-19/h4-13,16H,14-15H2,1-3H3,(H,25,30). The number of fused-ring (bicyclic) bond motifs is 1. The van der Waals surface area contributed by atoms with Crippen LogP contribution in [0.5, 0.6) is 0 Å². The molecule has 0 saturated carbocycles. The molecule has 1 N–H and O–H groups in total. The van der Waals surface area contributed by atoms with E-state index in [1.807, 2.05) is 86.0 Å². The normalized spacial score (nSPS) is 11.2. The quantitative estimate of drug-likeness (QED) is 0.525. The molecule has 7 nitrogen and oxygen atoms in total. The van der Waals surface area contributed by atoms with E-state index in [9.17, 15) is 9.59 Å². The lowest BCUT2D eigenvalue weighted by Gasteiger charge is -2.16. The summed E-state index contributed by atoms with van der Waals surface area (Å²) >= 11 is 0. The van der Waals surface area contributed by atoms with Crippen molar-refractivity contribution in [2.45, 2.75) is 39.8 Å². The topological polar surface area (TPSA) is 81.3 Å². The molecule has 4 rings (SSSR count). The molecule has 0 aliphatic rings. The molecule has 0 fully saturated rings. The first-order valence-corrected chi connectivity index (χ1v) is 10.3. The van der Waals surface area contributed by atoms with Gasteiger partial charge in [-0.05, 0) is 26.3 Å². The van der Waals surface area contributed by atoms with Gasteiger partial charge in [-0.1, -0.05) is 60.7 Å². The number of carbonyl (C=O) groups is 1. The monoisotopic (exact) mass is 415 g/mol. The van der Waals surface area contributed by atoms with Crippen molar-refractivity contribution in [1.82, 2.24) is 24.5 Å². The molecule has 0 radical (unpaired) electrons. The lowest BCUT2D eigenvalue weighted by molar-refractivity contribution is -0.120. The van der Waals surface area contributed by atoms with Gasteiger partial charge in [-0.15, -0.1) is 5.10 Å². The highest BCUT2D eigenvalue weighted by atomic mass is 16.2. The van der Waals surface area contributed by atoms with Crippen molar-refractivity contribution >= 4 is 11.7 Å². The Morgan fingerprint density at radius 3 is 2.32 bits per heavy atom. The van der Waals surface area contributed by atoms with Gasteiger partial charge in [0.1, 0.15) is 0 Å². The molecule has 0 saturated heterocycles. The van der Waals surface area contributed by atoms with E-state index in [2.05, 4.69) is 15.4 Å². The average molecular weight is 415 g/mol. The summed E-state index contributed by atoms with van der Waals surface area (Å²) in [4.78, 5) is 30.4. The molecule has 4 aromatic rings. The number of aromatic nitrogens is 4. The van der Waals surface area contributed by atoms with E-state index in [0.717, 1.165) is 11.1 Å². The molecule has 0 aliphatic heterocycles. The largest absolute Gasteiger partial charge is 0.354 e. The van der Waals surface area contributed by atoms with Gasteiger partial charge in [-0.3, -0.25) is 9.59 Å². The third-order valence-corrected chi connectivity index (χ3v) is 5.13. The zero-order valence-electron chi connectivity index (χ0n) is 17.9. The Balaban J connectivity index is 1.89. The predicted molar refractivity (Wildman–Crippen MR) is 120 cm³/mol. The van der Waals surface area contributed by atoms with Crippen molar-refractivity contribution in [2.75, 3.05) is 0 Å². The maximum absolute atomic E-state index is 13.3. The minimum absolute atomic E-state index is 0.000801. The van der Waals surface area contributed by atoms with E-state index in [4.69, 9.17) is 0 Å². The van der Waals surface area contributed by atoms with E-state index in [0.29, 0.717) is 29.4 Å². The van der Waals surface area contributed by atoms with Crippen LogP contribution in [0.2, 0.25) is 0 Å². The van der Waals surface area contributed by atoms with Gasteiger partial charge in [-0.2, -0.15) is 9.50 Å². The molecular formula is C24H25N5O2. The van der Waals surface area contributed by atoms with Crippen molar-refractivity contribution in [2.24, 2.45) is 0 Å². The van der Waals surface area contributed by atoms with Gasteiger partial charge >= 0.3 is 0 Å². The van der Waals surface area contributed by atoms with Crippen molar-refractivity contribution in [3.63, 3.8) is 0 Å². The first-order chi connectivity index (χ1) is 14.9. The number of rotatable bonds is 6. The van der Waals surface area contributed by atoms with Crippen LogP contribution in [0.25, 0.3) is 17.2 Å². The second-order valence-electron chi connectivity index (χ2n) is 7.85. The molecule has 0 atom stereocenters. The molecule has 0 aliphatic carbocycles. The number of nitrogens with one attached hydrogen (secondary N) is 1. The van der Waals surface area contributed by atoms with Crippen LogP contribution >= 0.6 is 0 Å². The molecule has 7 heteroatoms. The Morgan fingerprint density at radius 2 is 1.68 bits per heavy atom. The van der Waals surface area contributed by atoms with Crippen LogP contribution in [0.15, 0.2) is 65.5 Å². The zero-order valence-corrected chi connectivity index (χ0v) is 17.9. The lowest BCUT2D eigenvalue weighted by atomic mass is 10.1. The molecule has 2 heterocycles. The number of nitrogens with zero attached hydrogens (tertiary/aromatic N) is 4. The summed E-state index contributed by atoms with van der Waals surface area (Å²) in [6.07, 6.45) is -0.00585. The van der Waals surface area contributed by atoms with Crippen molar-refractivity contribution in [1.29, 1.82) is 0 Å². The summed E-state index contributed by atoms with van der Waals surface area (Å²) < 4.78 is 3.27. The van der Waals surface area contributed by atoms with Crippen LogP contribution in [-0.4, -0.2) is 31.1 Å². The smallest absolute Gasteiger partial charge is 0.279 e. The van der Waals surface area contributed by atoms with E-state index in [1.165, 1.54) is 4.52 Å². The third-order valence-electron chi connectivity index (χ3n) is 5.13. The van der Waals surface area contributed by atoms with Gasteiger partial charge in [-0.25, -0.2) is 0 Å². The van der Waals surface area contributed by atoms with Crippen LogP contribution in [0.4, 0.5) is 0 Å². The predicted octanol–water partition coefficient (Wildman–Crippen LogP) is 2.98. The van der Waals surface area contributed by atoms with E-state index >= 15 is 0 Å². The number of hydrogen-bond donors (Lipinski definition) is 1. The first kappa shape index (κ1) is 20.5. The maximum atomic E-state index is 13.3. The Hall–Kier alpha value is -3.74. The van der Waals surface area contributed by atoms with Crippen molar-refractivity contribution in [3.8, 4) is 11.4 Å². The molecule has 1 amide bonds. The molecule has 2 aromatic carbocycles. The summed E-state index contributed by atoms with van der Waals surface area (Å²) in [6.45, 7) is 6.16. The number of carbonyl (C=O) groups excluding carboxylic acids is 1. The molecule has 2 aromatic heterocycles. The minimum atomic E-state index is -0.314. The molecule has 0 bridgehead atoms. The number of hydrogen-bond acceptors (Lipinski definition) is 4. The highest BCUT2D eigenvalue weighted by Gasteiger charge is 2.20. The number of amides is 1. The summed E-state index contributed by atoms with van der Waals surface area (Å²) in [6, 6.07) is 19.5. The zero-order chi connectivity index (χ0) is 22.0. The van der Waals surface area contributed by atoms with Crippen molar-refractivity contribution < 1.29 is 4.79 Å². The Morgan fingerprint density at radius 1 is 1.03 bits per heavy atom. The van der Waals surface area contributed by atoms with E-state index < -0.39 is 0 Å². The van der Waals surface area contributed by atoms with E-state index in [1.54, 1.807) is 0 Å². The number of benzene rings is 2. The SMILES string of the molecule is Cc1c(CC(=O)NC(C)C)c(=O)n2nc(-c3ccccc3)nc2n1Cc1ccccc1. The van der Waals surface area contributed by atoms with Crippen molar-refractivity contribution in [3.05, 3.63) is 87.8 Å². The van der Waals surface area contributed by atoms with Gasteiger partial charge in [0.15, 0.2) is 5.82 Å². The Kier molecular flexibility index (Phi) is 5.66. The van der Waals surface area contributed by atoms with E-state index in [-0.39, 0.29) is 23.9 Å². The van der Waals surface area contributed by atoms with Crippen LogP contribution in [0, 0.1) is 6.92 Å². The van der Waals surface area contributed by atoms with Gasteiger partial charge in [0, 0.05) is 22.9 Å². The second kappa shape index (κ2) is 8.55. The third kappa shape index (κ3) is 4.26. The fourth-order valence-corrected chi connectivity index (χ4v) is 3.61. The average Bonchev–Trinajstić information content (AvgIpc) is 3.21. The highest BCUT2D eigenvalue weighted by molar-refractivity contribution is 5.79. The Bertz CT molecular complexity index is 1270. The molecule has 0 spiro atoms. The van der Waals surface area contributed by atoms with Gasteiger partial charge < -0.3 is 9.88 Å². The molecule has 31 heavy (non-hydrogen) atoms. The molecule has 0 unspecified atom stereocenters. The van der Waals surface area contributed by atoms with Gasteiger partial charge in [0.2, 0.25) is 11.7 Å². The fourth-order valence-electron chi connectivity index (χ4n) is 3.61. The molecular weight excluding hydrogens is 390 g/mol. The van der Waals surface area contributed by atoms with Gasteiger partial charge in [0.25, 0.3) is 5.56 Å².